The first-order valence-corrected chi connectivity index (χ1v) is 6.09. The number of H-pyrrole nitrogens is 2. The first-order chi connectivity index (χ1) is 8.08. The molecule has 0 radical (unpaired) electrons. The topological polar surface area (TPSA) is 121 Å². The number of pyridine rings is 1. The molecule has 2 aromatic heterocycles. The van der Waals surface area contributed by atoms with Crippen LogP contribution in [0.3, 0.4) is 0 Å². The summed E-state index contributed by atoms with van der Waals surface area (Å²) in [5.41, 5.74) is -0.362. The fourth-order valence-corrected chi connectivity index (χ4v) is 2.08. The van der Waals surface area contributed by atoms with Gasteiger partial charge in [-0.3, -0.25) is 9.89 Å². The Morgan fingerprint density at radius 1 is 1.35 bits per heavy atom. The van der Waals surface area contributed by atoms with Crippen LogP contribution in [0.4, 0.5) is 0 Å². The summed E-state index contributed by atoms with van der Waals surface area (Å²) in [5.74, 6) is 0.401. The maximum absolute atomic E-state index is 11.7. The zero-order chi connectivity index (χ0) is 12.3. The van der Waals surface area contributed by atoms with Crippen LogP contribution in [0.15, 0.2) is 34.3 Å². The van der Waals surface area contributed by atoms with Gasteiger partial charge >= 0.3 is 0 Å². The highest BCUT2D eigenvalue weighted by molar-refractivity contribution is 7.89. The number of rotatable bonds is 4. The molecule has 0 saturated carbocycles. The van der Waals surface area contributed by atoms with E-state index in [1.807, 2.05) is 0 Å². The van der Waals surface area contributed by atoms with Crippen LogP contribution in [0.1, 0.15) is 5.82 Å². The first-order valence-electron chi connectivity index (χ1n) is 4.60. The lowest BCUT2D eigenvalue weighted by atomic mass is 10.5. The van der Waals surface area contributed by atoms with E-state index in [2.05, 4.69) is 24.9 Å². The smallest absolute Gasteiger partial charge is 0.247 e. The van der Waals surface area contributed by atoms with E-state index >= 15 is 0 Å². The zero-order valence-corrected chi connectivity index (χ0v) is 9.36. The summed E-state index contributed by atoms with van der Waals surface area (Å²) in [5, 5.41) is 6.11. The third-order valence-corrected chi connectivity index (χ3v) is 3.36. The second-order valence-corrected chi connectivity index (χ2v) is 4.91. The standard InChI is InChI=1S/C8H9N5O3S/c14-8-2-1-6(3-9-8)17(15,16)12-4-7-10-5-11-13-7/h1-3,5,12H,4H2,(H,9,14)(H,10,11,13). The molecule has 8 nitrogen and oxygen atoms in total. The average molecular weight is 255 g/mol. The summed E-state index contributed by atoms with van der Waals surface area (Å²) in [6.45, 7) is 0.00145. The normalized spacial score (nSPS) is 11.5. The molecule has 9 heteroatoms. The minimum absolute atomic E-state index is 0.00145. The molecule has 0 bridgehead atoms. The molecule has 0 aromatic carbocycles. The van der Waals surface area contributed by atoms with E-state index in [9.17, 15) is 13.2 Å². The predicted octanol–water partition coefficient (Wildman–Crippen LogP) is -1.03. The lowest BCUT2D eigenvalue weighted by Gasteiger charge is -2.03. The fraction of sp³-hybridized carbons (Fsp3) is 0.125. The van der Waals surface area contributed by atoms with Crippen LogP contribution in [0.2, 0.25) is 0 Å². The van der Waals surface area contributed by atoms with Gasteiger partial charge in [0.05, 0.1) is 11.4 Å². The van der Waals surface area contributed by atoms with Crippen molar-refractivity contribution in [1.82, 2.24) is 24.9 Å². The van der Waals surface area contributed by atoms with E-state index in [0.717, 1.165) is 12.3 Å². The van der Waals surface area contributed by atoms with Crippen molar-refractivity contribution in [3.63, 3.8) is 0 Å². The summed E-state index contributed by atoms with van der Waals surface area (Å²) >= 11 is 0. The predicted molar refractivity (Wildman–Crippen MR) is 57.5 cm³/mol. The van der Waals surface area contributed by atoms with Gasteiger partial charge in [0.2, 0.25) is 15.6 Å². The summed E-state index contributed by atoms with van der Waals surface area (Å²) in [7, 11) is -3.66. The molecule has 0 spiro atoms. The molecule has 0 atom stereocenters. The summed E-state index contributed by atoms with van der Waals surface area (Å²) in [4.78, 5) is 16.8. The molecule has 3 N–H and O–H groups in total. The van der Waals surface area contributed by atoms with Gasteiger partial charge in [-0.15, -0.1) is 0 Å². The Balaban J connectivity index is 2.14. The highest BCUT2D eigenvalue weighted by atomic mass is 32.2. The van der Waals surface area contributed by atoms with Gasteiger partial charge in [-0.05, 0) is 6.07 Å². The minimum atomic E-state index is -3.66. The maximum atomic E-state index is 11.7. The molecule has 0 unspecified atom stereocenters. The van der Waals surface area contributed by atoms with Crippen molar-refractivity contribution in [2.24, 2.45) is 0 Å². The van der Waals surface area contributed by atoms with Crippen molar-refractivity contribution in [2.75, 3.05) is 0 Å². The van der Waals surface area contributed by atoms with Gasteiger partial charge in [0, 0.05) is 12.3 Å². The van der Waals surface area contributed by atoms with Crippen LogP contribution in [-0.2, 0) is 16.6 Å². The number of hydrogen-bond acceptors (Lipinski definition) is 5. The second kappa shape index (κ2) is 4.47. The molecule has 0 fully saturated rings. The van der Waals surface area contributed by atoms with E-state index in [4.69, 9.17) is 0 Å². The Hall–Kier alpha value is -2.00. The average Bonchev–Trinajstić information content (AvgIpc) is 2.80. The van der Waals surface area contributed by atoms with Crippen molar-refractivity contribution in [3.05, 3.63) is 40.8 Å². The van der Waals surface area contributed by atoms with Crippen LogP contribution in [0.5, 0.6) is 0 Å². The Kier molecular flexibility index (Phi) is 3.02. The molecule has 0 aliphatic rings. The van der Waals surface area contributed by atoms with Gasteiger partial charge in [-0.2, -0.15) is 5.10 Å². The number of aromatic nitrogens is 4. The van der Waals surface area contributed by atoms with Crippen molar-refractivity contribution in [2.45, 2.75) is 11.4 Å². The lowest BCUT2D eigenvalue weighted by molar-refractivity contribution is 0.579. The fourth-order valence-electron chi connectivity index (χ4n) is 1.13. The molecule has 90 valence electrons. The first kappa shape index (κ1) is 11.5. The summed E-state index contributed by atoms with van der Waals surface area (Å²) < 4.78 is 25.8. The van der Waals surface area contributed by atoms with Gasteiger partial charge in [-0.25, -0.2) is 18.1 Å². The number of nitrogens with zero attached hydrogens (tertiary/aromatic N) is 2. The van der Waals surface area contributed by atoms with Crippen LogP contribution in [0, 0.1) is 0 Å². The SMILES string of the molecule is O=c1ccc(S(=O)(=O)NCc2ncn[nH]2)c[nH]1. The van der Waals surface area contributed by atoms with E-state index in [1.165, 1.54) is 12.4 Å². The largest absolute Gasteiger partial charge is 0.328 e. The zero-order valence-electron chi connectivity index (χ0n) is 8.54. The highest BCUT2D eigenvalue weighted by Crippen LogP contribution is 2.04. The quantitative estimate of drug-likeness (QED) is 0.645. The van der Waals surface area contributed by atoms with E-state index < -0.39 is 10.0 Å². The molecule has 2 rings (SSSR count). The number of hydrogen-bond donors (Lipinski definition) is 3. The van der Waals surface area contributed by atoms with E-state index in [1.54, 1.807) is 0 Å². The van der Waals surface area contributed by atoms with Crippen molar-refractivity contribution < 1.29 is 8.42 Å². The Bertz CT molecular complexity index is 626. The summed E-state index contributed by atoms with van der Waals surface area (Å²) in [6, 6.07) is 2.37. The van der Waals surface area contributed by atoms with Gasteiger partial charge in [0.25, 0.3) is 0 Å². The third kappa shape index (κ3) is 2.77. The Labute approximate surface area is 96.2 Å². The molecular formula is C8H9N5O3S. The van der Waals surface area contributed by atoms with Crippen molar-refractivity contribution in [1.29, 1.82) is 0 Å². The van der Waals surface area contributed by atoms with Gasteiger partial charge in [-0.1, -0.05) is 0 Å². The molecule has 2 aromatic rings. The van der Waals surface area contributed by atoms with E-state index in [0.29, 0.717) is 5.82 Å². The molecule has 0 aliphatic carbocycles. The van der Waals surface area contributed by atoms with Crippen molar-refractivity contribution >= 4 is 10.0 Å². The van der Waals surface area contributed by atoms with E-state index in [-0.39, 0.29) is 17.0 Å². The van der Waals surface area contributed by atoms with Crippen molar-refractivity contribution in [3.8, 4) is 0 Å². The molecule has 0 aliphatic heterocycles. The number of sulfonamides is 1. The minimum Gasteiger partial charge on any atom is -0.328 e. The second-order valence-electron chi connectivity index (χ2n) is 3.15. The monoisotopic (exact) mass is 255 g/mol. The molecule has 2 heterocycles. The van der Waals surface area contributed by atoms with Crippen LogP contribution >= 0.6 is 0 Å². The lowest BCUT2D eigenvalue weighted by Crippen LogP contribution is -2.24. The molecule has 0 amide bonds. The summed E-state index contributed by atoms with van der Waals surface area (Å²) in [6.07, 6.45) is 2.41. The highest BCUT2D eigenvalue weighted by Gasteiger charge is 2.14. The van der Waals surface area contributed by atoms with Crippen LogP contribution in [-0.4, -0.2) is 28.6 Å². The third-order valence-electron chi connectivity index (χ3n) is 1.96. The van der Waals surface area contributed by atoms with Gasteiger partial charge in [0.1, 0.15) is 12.2 Å². The van der Waals surface area contributed by atoms with Gasteiger partial charge in [0.15, 0.2) is 0 Å². The van der Waals surface area contributed by atoms with Crippen LogP contribution < -0.4 is 10.3 Å². The van der Waals surface area contributed by atoms with Crippen LogP contribution in [0.25, 0.3) is 0 Å². The molecular weight excluding hydrogens is 246 g/mol. The molecule has 0 saturated heterocycles. The number of aromatic amines is 2. The Morgan fingerprint density at radius 2 is 2.18 bits per heavy atom. The maximum Gasteiger partial charge on any atom is 0.247 e. The van der Waals surface area contributed by atoms with Gasteiger partial charge < -0.3 is 4.98 Å². The molecule has 17 heavy (non-hydrogen) atoms. The number of nitrogens with one attached hydrogen (secondary N) is 3. The Morgan fingerprint density at radius 3 is 2.76 bits per heavy atom.